The van der Waals surface area contributed by atoms with Gasteiger partial charge in [-0.25, -0.2) is 0 Å². The van der Waals surface area contributed by atoms with Crippen molar-refractivity contribution in [1.82, 2.24) is 0 Å². The molecule has 1 N–H and O–H groups in total. The van der Waals surface area contributed by atoms with Crippen LogP contribution in [0.5, 0.6) is 5.75 Å². The van der Waals surface area contributed by atoms with Gasteiger partial charge >= 0.3 is 18.9 Å². The number of rotatable bonds is 0. The van der Waals surface area contributed by atoms with Crippen LogP contribution in [-0.4, -0.2) is 5.11 Å². The predicted molar refractivity (Wildman–Crippen MR) is 38.7 cm³/mol. The van der Waals surface area contributed by atoms with Gasteiger partial charge in [0.05, 0.1) is 0 Å². The van der Waals surface area contributed by atoms with Crippen LogP contribution in [0.25, 0.3) is 0 Å². The molecule has 0 saturated heterocycles. The maximum atomic E-state index is 9.10. The Labute approximate surface area is 74.7 Å². The minimum atomic E-state index is 0. The first-order chi connectivity index (χ1) is 4.22. The van der Waals surface area contributed by atoms with E-state index in [0.717, 1.165) is 11.1 Å². The number of phenols is 1. The zero-order valence-electron chi connectivity index (χ0n) is 7.68. The Balaban J connectivity index is 0. The number of aryl methyl sites for hydroxylation is 1. The monoisotopic (exact) mass is 130 g/mol. The molecule has 1 nitrogen and oxygen atoms in total. The van der Waals surface area contributed by atoms with Gasteiger partial charge in [0.25, 0.3) is 0 Å². The Hall–Kier alpha value is -0.383. The number of aromatic hydroxyl groups is 1. The van der Waals surface area contributed by atoms with E-state index in [1.54, 1.807) is 6.07 Å². The van der Waals surface area contributed by atoms with Gasteiger partial charge in [-0.1, -0.05) is 12.1 Å². The molecule has 0 aromatic heterocycles. The molecule has 50 valence electrons. The number of hydrogen-bond donors (Lipinski definition) is 1. The van der Waals surface area contributed by atoms with E-state index in [4.69, 9.17) is 5.11 Å². The molecule has 0 saturated carbocycles. The van der Waals surface area contributed by atoms with E-state index in [1.807, 2.05) is 26.0 Å². The Bertz CT molecular complexity index is 205. The Morgan fingerprint density at radius 3 is 2.30 bits per heavy atom. The van der Waals surface area contributed by atoms with Crippen LogP contribution >= 0.6 is 0 Å². The molecule has 0 amide bonds. The SMILES string of the molecule is Cc1cccc(O)c1C.[H-].[Li+]. The molecule has 0 aliphatic heterocycles. The minimum Gasteiger partial charge on any atom is -1.00 e. The normalized spacial score (nSPS) is 8.60. The second-order valence-corrected chi connectivity index (χ2v) is 2.22. The molecule has 0 bridgehead atoms. The van der Waals surface area contributed by atoms with Gasteiger partial charge < -0.3 is 6.53 Å². The van der Waals surface area contributed by atoms with Crippen LogP contribution < -0.4 is 18.9 Å². The smallest absolute Gasteiger partial charge is 1.00 e. The fourth-order valence-electron chi connectivity index (χ4n) is 0.736. The first-order valence-corrected chi connectivity index (χ1v) is 2.97. The summed E-state index contributed by atoms with van der Waals surface area (Å²) in [7, 11) is 0. The van der Waals surface area contributed by atoms with E-state index in [-0.39, 0.29) is 20.3 Å². The molecule has 1 aromatic carbocycles. The van der Waals surface area contributed by atoms with Crippen LogP contribution in [0.15, 0.2) is 18.2 Å². The fraction of sp³-hybridized carbons (Fsp3) is 0.250. The van der Waals surface area contributed by atoms with Crippen LogP contribution in [-0.2, 0) is 0 Å². The summed E-state index contributed by atoms with van der Waals surface area (Å²) in [6.45, 7) is 3.89. The van der Waals surface area contributed by atoms with Gasteiger partial charge in [0.15, 0.2) is 0 Å². The molecule has 10 heavy (non-hydrogen) atoms. The maximum Gasteiger partial charge on any atom is 1.00 e. The number of phenolic OH excluding ortho intramolecular Hbond substituents is 1. The van der Waals surface area contributed by atoms with Crippen molar-refractivity contribution >= 4 is 0 Å². The number of benzene rings is 1. The van der Waals surface area contributed by atoms with Crippen molar-refractivity contribution in [3.8, 4) is 5.75 Å². The summed E-state index contributed by atoms with van der Waals surface area (Å²) in [5, 5.41) is 9.10. The van der Waals surface area contributed by atoms with E-state index < -0.39 is 0 Å². The first kappa shape index (κ1) is 9.62. The Morgan fingerprint density at radius 1 is 1.30 bits per heavy atom. The van der Waals surface area contributed by atoms with Crippen molar-refractivity contribution in [1.29, 1.82) is 0 Å². The van der Waals surface area contributed by atoms with E-state index in [2.05, 4.69) is 0 Å². The van der Waals surface area contributed by atoms with Crippen LogP contribution in [0.3, 0.4) is 0 Å². The van der Waals surface area contributed by atoms with E-state index in [0.29, 0.717) is 5.75 Å². The van der Waals surface area contributed by atoms with E-state index >= 15 is 0 Å². The topological polar surface area (TPSA) is 20.2 Å². The van der Waals surface area contributed by atoms with E-state index in [1.165, 1.54) is 0 Å². The minimum absolute atomic E-state index is 0. The molecule has 0 aliphatic rings. The second-order valence-electron chi connectivity index (χ2n) is 2.22. The van der Waals surface area contributed by atoms with Crippen molar-refractivity contribution < 1.29 is 25.4 Å². The molecule has 0 unspecified atom stereocenters. The number of hydrogen-bond acceptors (Lipinski definition) is 1. The molecule has 0 radical (unpaired) electrons. The summed E-state index contributed by atoms with van der Waals surface area (Å²) in [6.07, 6.45) is 0. The van der Waals surface area contributed by atoms with Crippen LogP contribution in [0.1, 0.15) is 12.6 Å². The van der Waals surface area contributed by atoms with Crippen LogP contribution in [0.2, 0.25) is 0 Å². The fourth-order valence-corrected chi connectivity index (χ4v) is 0.736. The quantitative estimate of drug-likeness (QED) is 0.452. The molecule has 0 aliphatic carbocycles. The molecule has 0 fully saturated rings. The van der Waals surface area contributed by atoms with Gasteiger partial charge in [0, 0.05) is 0 Å². The van der Waals surface area contributed by atoms with Gasteiger partial charge in [-0.05, 0) is 31.0 Å². The zero-order valence-corrected chi connectivity index (χ0v) is 6.68. The van der Waals surface area contributed by atoms with Gasteiger partial charge in [-0.2, -0.15) is 0 Å². The van der Waals surface area contributed by atoms with Crippen molar-refractivity contribution in [2.75, 3.05) is 0 Å². The second kappa shape index (κ2) is 3.70. The third kappa shape index (κ3) is 1.80. The van der Waals surface area contributed by atoms with Crippen molar-refractivity contribution in [2.24, 2.45) is 0 Å². The van der Waals surface area contributed by atoms with E-state index in [9.17, 15) is 0 Å². The maximum absolute atomic E-state index is 9.10. The van der Waals surface area contributed by atoms with Crippen LogP contribution in [0.4, 0.5) is 0 Å². The van der Waals surface area contributed by atoms with Crippen molar-refractivity contribution in [3.05, 3.63) is 29.3 Å². The molecule has 0 atom stereocenters. The van der Waals surface area contributed by atoms with Gasteiger partial charge in [-0.3, -0.25) is 0 Å². The average Bonchev–Trinajstić information content (AvgIpc) is 1.83. The van der Waals surface area contributed by atoms with Gasteiger partial charge in [0.1, 0.15) is 5.75 Å². The third-order valence-corrected chi connectivity index (χ3v) is 1.58. The molecular formula is C8H11LiO. The Kier molecular flexibility index (Phi) is 3.56. The molecule has 1 rings (SSSR count). The summed E-state index contributed by atoms with van der Waals surface area (Å²) >= 11 is 0. The average molecular weight is 130 g/mol. The standard InChI is InChI=1S/C8H10O.Li.H/c1-6-4-3-5-8(9)7(6)2;;/h3-5,9H,1-2H3;;/q;+1;-1. The molecule has 0 heterocycles. The van der Waals surface area contributed by atoms with Crippen molar-refractivity contribution in [2.45, 2.75) is 13.8 Å². The molecular weight excluding hydrogens is 119 g/mol. The summed E-state index contributed by atoms with van der Waals surface area (Å²) in [5.41, 5.74) is 2.10. The molecule has 0 spiro atoms. The largest absolute Gasteiger partial charge is 1.00 e. The van der Waals surface area contributed by atoms with Crippen molar-refractivity contribution in [3.63, 3.8) is 0 Å². The molecule has 2 heteroatoms. The van der Waals surface area contributed by atoms with Gasteiger partial charge in [-0.15, -0.1) is 0 Å². The third-order valence-electron chi connectivity index (χ3n) is 1.58. The predicted octanol–water partition coefficient (Wildman–Crippen LogP) is -0.874. The van der Waals surface area contributed by atoms with Crippen LogP contribution in [0, 0.1) is 13.8 Å². The summed E-state index contributed by atoms with van der Waals surface area (Å²) in [4.78, 5) is 0. The summed E-state index contributed by atoms with van der Waals surface area (Å²) < 4.78 is 0. The first-order valence-electron chi connectivity index (χ1n) is 2.97. The Morgan fingerprint density at radius 2 is 1.90 bits per heavy atom. The zero-order chi connectivity index (χ0) is 6.85. The summed E-state index contributed by atoms with van der Waals surface area (Å²) in [5.74, 6) is 0.384. The van der Waals surface area contributed by atoms with Gasteiger partial charge in [0.2, 0.25) is 0 Å². The summed E-state index contributed by atoms with van der Waals surface area (Å²) in [6, 6.07) is 5.52. The molecule has 1 aromatic rings.